The molecule has 1 heterocycles. The van der Waals surface area contributed by atoms with Crippen molar-refractivity contribution in [1.82, 2.24) is 0 Å². The van der Waals surface area contributed by atoms with Crippen molar-refractivity contribution in [2.45, 2.75) is 52.1 Å². The molecule has 1 aliphatic rings. The highest BCUT2D eigenvalue weighted by atomic mass is 16.5. The molecule has 1 saturated heterocycles. The molecule has 1 aliphatic heterocycles. The second-order valence-corrected chi connectivity index (χ2v) is 3.73. The van der Waals surface area contributed by atoms with Gasteiger partial charge < -0.3 is 4.74 Å². The first-order valence-electron chi connectivity index (χ1n) is 4.69. The molecule has 1 rings (SSSR count). The minimum absolute atomic E-state index is 0.568. The van der Waals surface area contributed by atoms with Gasteiger partial charge in [-0.25, -0.2) is 0 Å². The molecular formula is C10H19O. The molecule has 1 heteroatoms. The van der Waals surface area contributed by atoms with Gasteiger partial charge in [-0.1, -0.05) is 13.8 Å². The Labute approximate surface area is 70.1 Å². The normalized spacial score (nSPS) is 25.9. The average Bonchev–Trinajstić information content (AvgIpc) is 2.03. The minimum atomic E-state index is 0.568. The molecule has 11 heavy (non-hydrogen) atoms. The summed E-state index contributed by atoms with van der Waals surface area (Å²) in [5, 5.41) is 0. The molecule has 0 aromatic rings. The van der Waals surface area contributed by atoms with Crippen molar-refractivity contribution < 1.29 is 4.74 Å². The van der Waals surface area contributed by atoms with Crippen LogP contribution >= 0.6 is 0 Å². The van der Waals surface area contributed by atoms with E-state index >= 15 is 0 Å². The van der Waals surface area contributed by atoms with Gasteiger partial charge in [-0.05, 0) is 38.0 Å². The smallest absolute Gasteiger partial charge is 0.0575 e. The highest BCUT2D eigenvalue weighted by Gasteiger charge is 2.13. The summed E-state index contributed by atoms with van der Waals surface area (Å²) in [4.78, 5) is 0. The molecule has 0 aliphatic carbocycles. The Morgan fingerprint density at radius 2 is 2.18 bits per heavy atom. The summed E-state index contributed by atoms with van der Waals surface area (Å²) in [6.07, 6.45) is 6.97. The van der Waals surface area contributed by atoms with Crippen molar-refractivity contribution >= 4 is 0 Å². The van der Waals surface area contributed by atoms with Gasteiger partial charge in [0, 0.05) is 6.61 Å². The quantitative estimate of drug-likeness (QED) is 0.609. The van der Waals surface area contributed by atoms with Crippen LogP contribution in [0, 0.1) is 5.92 Å². The zero-order valence-electron chi connectivity index (χ0n) is 7.73. The van der Waals surface area contributed by atoms with Crippen molar-refractivity contribution in [3.8, 4) is 0 Å². The average molecular weight is 155 g/mol. The molecule has 1 radical (unpaired) electrons. The first-order valence-corrected chi connectivity index (χ1v) is 4.69. The Bertz CT molecular complexity index is 93.0. The first-order chi connectivity index (χ1) is 5.29. The third kappa shape index (κ3) is 3.76. The lowest BCUT2D eigenvalue weighted by atomic mass is 10.00. The first kappa shape index (κ1) is 9.05. The van der Waals surface area contributed by atoms with Crippen LogP contribution in [-0.2, 0) is 4.74 Å². The lowest BCUT2D eigenvalue weighted by molar-refractivity contribution is 0.0108. The largest absolute Gasteiger partial charge is 0.378 e. The monoisotopic (exact) mass is 155 g/mol. The van der Waals surface area contributed by atoms with E-state index < -0.39 is 0 Å². The summed E-state index contributed by atoms with van der Waals surface area (Å²) in [7, 11) is 0. The van der Waals surface area contributed by atoms with E-state index in [-0.39, 0.29) is 0 Å². The van der Waals surface area contributed by atoms with Crippen LogP contribution in [-0.4, -0.2) is 12.7 Å². The van der Waals surface area contributed by atoms with Crippen molar-refractivity contribution in [3.63, 3.8) is 0 Å². The minimum Gasteiger partial charge on any atom is -0.378 e. The van der Waals surface area contributed by atoms with Crippen LogP contribution in [0.15, 0.2) is 0 Å². The molecular weight excluding hydrogens is 136 g/mol. The van der Waals surface area contributed by atoms with E-state index in [0.717, 1.165) is 6.61 Å². The van der Waals surface area contributed by atoms with Gasteiger partial charge in [0.15, 0.2) is 0 Å². The summed E-state index contributed by atoms with van der Waals surface area (Å²) in [5.74, 6) is 1.53. The molecule has 1 fully saturated rings. The fraction of sp³-hybridized carbons (Fsp3) is 0.900. The van der Waals surface area contributed by atoms with Gasteiger partial charge in [-0.3, -0.25) is 0 Å². The maximum Gasteiger partial charge on any atom is 0.0575 e. The van der Waals surface area contributed by atoms with Crippen molar-refractivity contribution in [1.29, 1.82) is 0 Å². The SMILES string of the molecule is C[C](C)CCC1CCCCO1. The predicted molar refractivity (Wildman–Crippen MR) is 47.4 cm³/mol. The summed E-state index contributed by atoms with van der Waals surface area (Å²) in [5.41, 5.74) is 0. The highest BCUT2D eigenvalue weighted by Crippen LogP contribution is 2.19. The second kappa shape index (κ2) is 4.76. The fourth-order valence-corrected chi connectivity index (χ4v) is 1.48. The number of ether oxygens (including phenoxy) is 1. The van der Waals surface area contributed by atoms with E-state index in [1.54, 1.807) is 0 Å². The van der Waals surface area contributed by atoms with Gasteiger partial charge >= 0.3 is 0 Å². The Kier molecular flexibility index (Phi) is 3.92. The van der Waals surface area contributed by atoms with Gasteiger partial charge in [-0.2, -0.15) is 0 Å². The third-order valence-electron chi connectivity index (χ3n) is 2.24. The molecule has 0 bridgehead atoms. The molecule has 0 aromatic heterocycles. The molecule has 0 N–H and O–H groups in total. The molecule has 0 saturated carbocycles. The van der Waals surface area contributed by atoms with E-state index in [9.17, 15) is 0 Å². The number of rotatable bonds is 3. The molecule has 1 atom stereocenters. The van der Waals surface area contributed by atoms with Gasteiger partial charge in [0.25, 0.3) is 0 Å². The third-order valence-corrected chi connectivity index (χ3v) is 2.24. The van der Waals surface area contributed by atoms with Crippen LogP contribution < -0.4 is 0 Å². The zero-order valence-corrected chi connectivity index (χ0v) is 7.73. The summed E-state index contributed by atoms with van der Waals surface area (Å²) >= 11 is 0. The molecule has 1 unspecified atom stereocenters. The fourth-order valence-electron chi connectivity index (χ4n) is 1.48. The number of hydrogen-bond donors (Lipinski definition) is 0. The zero-order chi connectivity index (χ0) is 8.10. The predicted octanol–water partition coefficient (Wildman–Crippen LogP) is 2.95. The Morgan fingerprint density at radius 3 is 2.73 bits per heavy atom. The lowest BCUT2D eigenvalue weighted by Crippen LogP contribution is -2.19. The van der Waals surface area contributed by atoms with Crippen LogP contribution in [0.3, 0.4) is 0 Å². The maximum absolute atomic E-state index is 5.62. The Morgan fingerprint density at radius 1 is 1.36 bits per heavy atom. The summed E-state index contributed by atoms with van der Waals surface area (Å²) in [6.45, 7) is 5.39. The summed E-state index contributed by atoms with van der Waals surface area (Å²) in [6, 6.07) is 0. The van der Waals surface area contributed by atoms with E-state index in [1.807, 2.05) is 0 Å². The lowest BCUT2D eigenvalue weighted by Gasteiger charge is -2.22. The van der Waals surface area contributed by atoms with Crippen LogP contribution in [0.5, 0.6) is 0 Å². The molecule has 1 nitrogen and oxygen atoms in total. The molecule has 0 amide bonds. The van der Waals surface area contributed by atoms with E-state index in [2.05, 4.69) is 13.8 Å². The van der Waals surface area contributed by atoms with Crippen LogP contribution in [0.25, 0.3) is 0 Å². The van der Waals surface area contributed by atoms with Gasteiger partial charge in [-0.15, -0.1) is 0 Å². The van der Waals surface area contributed by atoms with E-state index in [1.165, 1.54) is 38.0 Å². The standard InChI is InChI=1S/C10H19O/c1-9(2)6-7-10-5-3-4-8-11-10/h10H,3-8H2,1-2H3. The molecule has 0 spiro atoms. The van der Waals surface area contributed by atoms with Crippen LogP contribution in [0.1, 0.15) is 46.0 Å². The molecule has 0 aromatic carbocycles. The van der Waals surface area contributed by atoms with Gasteiger partial charge in [0.2, 0.25) is 0 Å². The number of hydrogen-bond acceptors (Lipinski definition) is 1. The van der Waals surface area contributed by atoms with Crippen molar-refractivity contribution in [2.75, 3.05) is 6.61 Å². The van der Waals surface area contributed by atoms with Crippen molar-refractivity contribution in [3.05, 3.63) is 5.92 Å². The van der Waals surface area contributed by atoms with E-state index in [0.29, 0.717) is 6.10 Å². The highest BCUT2D eigenvalue weighted by molar-refractivity contribution is 4.78. The summed E-state index contributed by atoms with van der Waals surface area (Å²) < 4.78 is 5.62. The van der Waals surface area contributed by atoms with E-state index in [4.69, 9.17) is 4.74 Å². The Balaban J connectivity index is 2.05. The van der Waals surface area contributed by atoms with Crippen molar-refractivity contribution in [2.24, 2.45) is 0 Å². The molecule has 65 valence electrons. The van der Waals surface area contributed by atoms with Gasteiger partial charge in [0.1, 0.15) is 0 Å². The Hall–Kier alpha value is -0.0400. The second-order valence-electron chi connectivity index (χ2n) is 3.73. The maximum atomic E-state index is 5.62. The van der Waals surface area contributed by atoms with Gasteiger partial charge in [0.05, 0.1) is 6.10 Å². The van der Waals surface area contributed by atoms with Crippen LogP contribution in [0.4, 0.5) is 0 Å². The topological polar surface area (TPSA) is 9.23 Å². The van der Waals surface area contributed by atoms with Crippen LogP contribution in [0.2, 0.25) is 0 Å².